The predicted molar refractivity (Wildman–Crippen MR) is 117 cm³/mol. The van der Waals surface area contributed by atoms with Gasteiger partial charge in [-0.3, -0.25) is 9.59 Å². The lowest BCUT2D eigenvalue weighted by Gasteiger charge is -2.33. The minimum atomic E-state index is -0.161. The average molecular weight is 446 g/mol. The summed E-state index contributed by atoms with van der Waals surface area (Å²) in [5.74, 6) is 1.13. The fourth-order valence-corrected chi connectivity index (χ4v) is 3.69. The molecule has 1 aliphatic heterocycles. The number of benzene rings is 1. The summed E-state index contributed by atoms with van der Waals surface area (Å²) in [6.45, 7) is 3.73. The molecule has 33 heavy (non-hydrogen) atoms. The second-order valence-corrected chi connectivity index (χ2v) is 7.62. The number of amides is 2. The van der Waals surface area contributed by atoms with Gasteiger partial charge in [-0.25, -0.2) is 4.68 Å². The molecule has 168 valence electrons. The number of rotatable bonds is 5. The van der Waals surface area contributed by atoms with Crippen LogP contribution in [-0.2, 0) is 6.42 Å². The zero-order chi connectivity index (χ0) is 22.8. The average Bonchev–Trinajstić information content (AvgIpc) is 3.65. The Morgan fingerprint density at radius 3 is 2.33 bits per heavy atom. The summed E-state index contributed by atoms with van der Waals surface area (Å²) < 4.78 is 12.0. The molecule has 0 unspecified atom stereocenters. The van der Waals surface area contributed by atoms with Crippen LogP contribution in [0.4, 0.5) is 0 Å². The lowest BCUT2D eigenvalue weighted by molar-refractivity contribution is 0.0515. The molecule has 3 aromatic heterocycles. The first-order valence-corrected chi connectivity index (χ1v) is 10.7. The van der Waals surface area contributed by atoms with E-state index >= 15 is 0 Å². The van der Waals surface area contributed by atoms with Crippen molar-refractivity contribution in [1.29, 1.82) is 0 Å². The van der Waals surface area contributed by atoms with Crippen LogP contribution in [0.1, 0.15) is 33.9 Å². The van der Waals surface area contributed by atoms with Crippen molar-refractivity contribution in [2.75, 3.05) is 26.2 Å². The molecule has 1 fully saturated rings. The van der Waals surface area contributed by atoms with Crippen LogP contribution >= 0.6 is 0 Å². The third-order valence-electron chi connectivity index (χ3n) is 5.55. The first kappa shape index (κ1) is 20.7. The van der Waals surface area contributed by atoms with Crippen molar-refractivity contribution in [1.82, 2.24) is 29.7 Å². The first-order chi connectivity index (χ1) is 16.1. The SMILES string of the molecule is CCc1nc(-c2ccc(-n3ccc(C(=O)N4CCN(C(=O)c5ccco5)CC4)n3)cc2)no1. The minimum absolute atomic E-state index is 0.158. The zero-order valence-corrected chi connectivity index (χ0v) is 18.0. The monoisotopic (exact) mass is 446 g/mol. The Balaban J connectivity index is 1.22. The van der Waals surface area contributed by atoms with Crippen LogP contribution < -0.4 is 0 Å². The Bertz CT molecular complexity index is 1250. The van der Waals surface area contributed by atoms with Crippen molar-refractivity contribution in [3.05, 3.63) is 72.3 Å². The molecule has 0 spiro atoms. The smallest absolute Gasteiger partial charge is 0.289 e. The maximum atomic E-state index is 12.9. The van der Waals surface area contributed by atoms with Crippen LogP contribution in [0, 0.1) is 0 Å². The van der Waals surface area contributed by atoms with E-state index in [2.05, 4.69) is 15.2 Å². The highest BCUT2D eigenvalue weighted by Crippen LogP contribution is 2.19. The molecule has 5 rings (SSSR count). The number of carbonyl (C=O) groups excluding carboxylic acids is 2. The molecule has 1 saturated heterocycles. The molecule has 0 radical (unpaired) electrons. The molecule has 10 nitrogen and oxygen atoms in total. The molecule has 1 aliphatic rings. The van der Waals surface area contributed by atoms with Crippen molar-refractivity contribution in [2.45, 2.75) is 13.3 Å². The van der Waals surface area contributed by atoms with Crippen molar-refractivity contribution in [3.8, 4) is 17.1 Å². The van der Waals surface area contributed by atoms with E-state index < -0.39 is 0 Å². The van der Waals surface area contributed by atoms with Crippen LogP contribution in [0.3, 0.4) is 0 Å². The molecule has 0 saturated carbocycles. The lowest BCUT2D eigenvalue weighted by atomic mass is 10.2. The molecular formula is C23H22N6O4. The van der Waals surface area contributed by atoms with E-state index in [1.807, 2.05) is 31.2 Å². The number of hydrogen-bond acceptors (Lipinski definition) is 7. The third-order valence-corrected chi connectivity index (χ3v) is 5.55. The van der Waals surface area contributed by atoms with E-state index in [4.69, 9.17) is 8.94 Å². The molecule has 1 aromatic carbocycles. The van der Waals surface area contributed by atoms with E-state index in [1.54, 1.807) is 38.9 Å². The van der Waals surface area contributed by atoms with Gasteiger partial charge in [0.1, 0.15) is 0 Å². The molecule has 2 amide bonds. The summed E-state index contributed by atoms with van der Waals surface area (Å²) in [5.41, 5.74) is 2.01. The second-order valence-electron chi connectivity index (χ2n) is 7.62. The standard InChI is InChI=1S/C23H22N6O4/c1-2-20-24-21(26-33-20)16-5-7-17(8-6-16)29-10-9-18(25-29)22(30)27-11-13-28(14-12-27)23(31)19-4-3-15-32-19/h3-10,15H,2,11-14H2,1H3. The Labute approximate surface area is 189 Å². The summed E-state index contributed by atoms with van der Waals surface area (Å²) in [6.07, 6.45) is 3.91. The van der Waals surface area contributed by atoms with E-state index in [1.165, 1.54) is 6.26 Å². The van der Waals surface area contributed by atoms with Gasteiger partial charge in [0, 0.05) is 44.4 Å². The predicted octanol–water partition coefficient (Wildman–Crippen LogP) is 2.68. The van der Waals surface area contributed by atoms with Crippen LogP contribution in [0.25, 0.3) is 17.1 Å². The molecule has 4 heterocycles. The van der Waals surface area contributed by atoms with Crippen molar-refractivity contribution in [3.63, 3.8) is 0 Å². The Hall–Kier alpha value is -4.21. The minimum Gasteiger partial charge on any atom is -0.459 e. The molecule has 0 N–H and O–H groups in total. The van der Waals surface area contributed by atoms with E-state index in [0.717, 1.165) is 11.3 Å². The van der Waals surface area contributed by atoms with Crippen molar-refractivity contribution in [2.24, 2.45) is 0 Å². The van der Waals surface area contributed by atoms with Crippen LogP contribution in [0.5, 0.6) is 0 Å². The highest BCUT2D eigenvalue weighted by atomic mass is 16.5. The number of nitrogens with zero attached hydrogens (tertiary/aromatic N) is 6. The molecule has 4 aromatic rings. The number of aryl methyl sites for hydroxylation is 1. The first-order valence-electron chi connectivity index (χ1n) is 10.7. The normalized spacial score (nSPS) is 14.0. The zero-order valence-electron chi connectivity index (χ0n) is 18.0. The maximum Gasteiger partial charge on any atom is 0.289 e. The van der Waals surface area contributed by atoms with Gasteiger partial charge < -0.3 is 18.7 Å². The van der Waals surface area contributed by atoms with Crippen molar-refractivity contribution >= 4 is 11.8 Å². The topological polar surface area (TPSA) is 111 Å². The number of carbonyl (C=O) groups is 2. The van der Waals surface area contributed by atoms with Gasteiger partial charge in [-0.15, -0.1) is 0 Å². The number of hydrogen-bond donors (Lipinski definition) is 0. The van der Waals surface area contributed by atoms with Gasteiger partial charge in [0.2, 0.25) is 11.7 Å². The van der Waals surface area contributed by atoms with Crippen molar-refractivity contribution < 1.29 is 18.5 Å². The second kappa shape index (κ2) is 8.73. The molecular weight excluding hydrogens is 424 g/mol. The Morgan fingerprint density at radius 2 is 1.70 bits per heavy atom. The van der Waals surface area contributed by atoms with Crippen LogP contribution in [0.15, 0.2) is 63.9 Å². The summed E-state index contributed by atoms with van der Waals surface area (Å²) in [4.78, 5) is 33.1. The largest absolute Gasteiger partial charge is 0.459 e. The maximum absolute atomic E-state index is 12.9. The molecule has 0 aliphatic carbocycles. The van der Waals surface area contributed by atoms with Crippen LogP contribution in [0.2, 0.25) is 0 Å². The number of aromatic nitrogens is 4. The fourth-order valence-electron chi connectivity index (χ4n) is 3.69. The van der Waals surface area contributed by atoms with E-state index in [0.29, 0.717) is 55.8 Å². The van der Waals surface area contributed by atoms with Crippen LogP contribution in [-0.4, -0.2) is 67.7 Å². The highest BCUT2D eigenvalue weighted by molar-refractivity contribution is 5.93. The van der Waals surface area contributed by atoms with Gasteiger partial charge in [0.25, 0.3) is 11.8 Å². The quantitative estimate of drug-likeness (QED) is 0.463. The number of furan rings is 1. The van der Waals surface area contributed by atoms with Gasteiger partial charge >= 0.3 is 0 Å². The highest BCUT2D eigenvalue weighted by Gasteiger charge is 2.27. The lowest BCUT2D eigenvalue weighted by Crippen LogP contribution is -2.50. The fraction of sp³-hybridized carbons (Fsp3) is 0.261. The number of piperazine rings is 1. The van der Waals surface area contributed by atoms with Gasteiger partial charge in [0.15, 0.2) is 11.5 Å². The summed E-state index contributed by atoms with van der Waals surface area (Å²) in [7, 11) is 0. The molecule has 0 bridgehead atoms. The summed E-state index contributed by atoms with van der Waals surface area (Å²) in [6, 6.07) is 12.6. The van der Waals surface area contributed by atoms with Gasteiger partial charge in [-0.2, -0.15) is 10.1 Å². The van der Waals surface area contributed by atoms with Gasteiger partial charge in [0.05, 0.1) is 12.0 Å². The molecule has 0 atom stereocenters. The van der Waals surface area contributed by atoms with E-state index in [9.17, 15) is 9.59 Å². The Morgan fingerprint density at radius 1 is 0.970 bits per heavy atom. The van der Waals surface area contributed by atoms with Gasteiger partial charge in [-0.1, -0.05) is 12.1 Å². The third kappa shape index (κ3) is 4.14. The Kier molecular flexibility index (Phi) is 5.47. The summed E-state index contributed by atoms with van der Waals surface area (Å²) in [5, 5.41) is 8.43. The molecule has 10 heteroatoms. The van der Waals surface area contributed by atoms with Gasteiger partial charge in [-0.05, 0) is 42.5 Å². The summed E-state index contributed by atoms with van der Waals surface area (Å²) >= 11 is 0. The van der Waals surface area contributed by atoms with E-state index in [-0.39, 0.29) is 11.8 Å².